The zero-order valence-electron chi connectivity index (χ0n) is 13.0. The van der Waals surface area contributed by atoms with Crippen molar-refractivity contribution in [3.05, 3.63) is 53.6 Å². The van der Waals surface area contributed by atoms with E-state index in [-0.39, 0.29) is 5.75 Å². The molecule has 0 saturated heterocycles. The first-order valence-electron chi connectivity index (χ1n) is 6.98. The summed E-state index contributed by atoms with van der Waals surface area (Å²) in [6, 6.07) is 8.11. The smallest absolute Gasteiger partial charge is 0.265 e. The van der Waals surface area contributed by atoms with Crippen molar-refractivity contribution in [3.8, 4) is 11.5 Å². The zero-order valence-corrected chi connectivity index (χ0v) is 13.0. The molecule has 2 rings (SSSR count). The molecule has 0 heterocycles. The second-order valence-electron chi connectivity index (χ2n) is 5.00. The Kier molecular flexibility index (Phi) is 5.16. The highest BCUT2D eigenvalue weighted by molar-refractivity contribution is 5.94. The minimum atomic E-state index is -0.948. The van der Waals surface area contributed by atoms with Crippen molar-refractivity contribution in [2.45, 2.75) is 20.0 Å². The van der Waals surface area contributed by atoms with Crippen LogP contribution >= 0.6 is 0 Å². The normalized spacial score (nSPS) is 11.7. The van der Waals surface area contributed by atoms with E-state index in [1.807, 2.05) is 6.92 Å². The summed E-state index contributed by atoms with van der Waals surface area (Å²) in [7, 11) is 1.56. The molecule has 1 amide bonds. The standard InChI is InChI=1S/C17H17F2NO3/c1-10-8-13(22-3)5-6-15(10)20-17(21)11(2)23-16-7-4-12(18)9-14(16)19/h4-9,11H,1-3H3,(H,20,21). The molecule has 2 aromatic carbocycles. The number of ether oxygens (including phenoxy) is 2. The van der Waals surface area contributed by atoms with Crippen LogP contribution in [0.2, 0.25) is 0 Å². The van der Waals surface area contributed by atoms with E-state index < -0.39 is 23.6 Å². The van der Waals surface area contributed by atoms with Gasteiger partial charge in [-0.05, 0) is 49.7 Å². The van der Waals surface area contributed by atoms with Gasteiger partial charge in [-0.25, -0.2) is 8.78 Å². The van der Waals surface area contributed by atoms with Gasteiger partial charge < -0.3 is 14.8 Å². The number of rotatable bonds is 5. The van der Waals surface area contributed by atoms with E-state index in [2.05, 4.69) is 5.32 Å². The highest BCUT2D eigenvalue weighted by Crippen LogP contribution is 2.22. The van der Waals surface area contributed by atoms with E-state index in [0.717, 1.165) is 17.7 Å². The monoisotopic (exact) mass is 321 g/mol. The van der Waals surface area contributed by atoms with Gasteiger partial charge in [0.1, 0.15) is 11.6 Å². The number of aryl methyl sites for hydroxylation is 1. The zero-order chi connectivity index (χ0) is 17.0. The first-order valence-corrected chi connectivity index (χ1v) is 6.98. The Hall–Kier alpha value is -2.63. The van der Waals surface area contributed by atoms with Crippen LogP contribution in [0, 0.1) is 18.6 Å². The number of benzene rings is 2. The van der Waals surface area contributed by atoms with Crippen molar-refractivity contribution < 1.29 is 23.0 Å². The number of nitrogens with one attached hydrogen (secondary N) is 1. The van der Waals surface area contributed by atoms with Crippen LogP contribution < -0.4 is 14.8 Å². The molecule has 2 aromatic rings. The van der Waals surface area contributed by atoms with Crippen molar-refractivity contribution in [1.29, 1.82) is 0 Å². The molecule has 1 atom stereocenters. The second kappa shape index (κ2) is 7.09. The van der Waals surface area contributed by atoms with Gasteiger partial charge in [-0.1, -0.05) is 0 Å². The first kappa shape index (κ1) is 16.7. The Morgan fingerprint density at radius 2 is 1.91 bits per heavy atom. The molecule has 0 aliphatic heterocycles. The Labute approximate surface area is 133 Å². The number of amides is 1. The summed E-state index contributed by atoms with van der Waals surface area (Å²) in [5.41, 5.74) is 1.42. The fourth-order valence-corrected chi connectivity index (χ4v) is 1.95. The van der Waals surface area contributed by atoms with E-state index in [0.29, 0.717) is 17.5 Å². The van der Waals surface area contributed by atoms with Crippen molar-refractivity contribution in [1.82, 2.24) is 0 Å². The third kappa shape index (κ3) is 4.18. The summed E-state index contributed by atoms with van der Waals surface area (Å²) in [4.78, 5) is 12.1. The predicted octanol–water partition coefficient (Wildman–Crippen LogP) is 3.69. The van der Waals surface area contributed by atoms with Crippen molar-refractivity contribution in [3.63, 3.8) is 0 Å². The maximum atomic E-state index is 13.5. The van der Waals surface area contributed by atoms with Gasteiger partial charge in [0, 0.05) is 11.8 Å². The molecule has 6 heteroatoms. The number of hydrogen-bond acceptors (Lipinski definition) is 3. The number of hydrogen-bond donors (Lipinski definition) is 1. The minimum absolute atomic E-state index is 0.180. The van der Waals surface area contributed by atoms with Gasteiger partial charge in [0.25, 0.3) is 5.91 Å². The largest absolute Gasteiger partial charge is 0.497 e. The third-order valence-corrected chi connectivity index (χ3v) is 3.26. The van der Waals surface area contributed by atoms with Crippen LogP contribution in [-0.4, -0.2) is 19.1 Å². The second-order valence-corrected chi connectivity index (χ2v) is 5.00. The molecule has 1 N–H and O–H groups in total. The molecule has 0 bridgehead atoms. The molecule has 0 aliphatic rings. The van der Waals surface area contributed by atoms with Crippen molar-refractivity contribution in [2.75, 3.05) is 12.4 Å². The SMILES string of the molecule is COc1ccc(NC(=O)C(C)Oc2ccc(F)cc2F)c(C)c1. The van der Waals surface area contributed by atoms with Crippen molar-refractivity contribution in [2.24, 2.45) is 0 Å². The highest BCUT2D eigenvalue weighted by Gasteiger charge is 2.18. The summed E-state index contributed by atoms with van der Waals surface area (Å²) in [5.74, 6) is -1.51. The number of carbonyl (C=O) groups excluding carboxylic acids is 1. The van der Waals surface area contributed by atoms with Crippen LogP contribution in [-0.2, 0) is 4.79 Å². The Morgan fingerprint density at radius 1 is 1.17 bits per heavy atom. The summed E-state index contributed by atoms with van der Waals surface area (Å²) < 4.78 is 36.7. The lowest BCUT2D eigenvalue weighted by atomic mass is 10.2. The van der Waals surface area contributed by atoms with E-state index in [4.69, 9.17) is 9.47 Å². The number of anilines is 1. The summed E-state index contributed by atoms with van der Waals surface area (Å²) >= 11 is 0. The molecule has 0 radical (unpaired) electrons. The molecule has 122 valence electrons. The summed E-state index contributed by atoms with van der Waals surface area (Å²) in [5, 5.41) is 2.70. The van der Waals surface area contributed by atoms with Crippen LogP contribution in [0.3, 0.4) is 0 Å². The molecule has 0 fully saturated rings. The van der Waals surface area contributed by atoms with Crippen LogP contribution in [0.1, 0.15) is 12.5 Å². The summed E-state index contributed by atoms with van der Waals surface area (Å²) in [6.07, 6.45) is -0.948. The van der Waals surface area contributed by atoms with Crippen molar-refractivity contribution >= 4 is 11.6 Å². The lowest BCUT2D eigenvalue weighted by molar-refractivity contribution is -0.122. The van der Waals surface area contributed by atoms with E-state index >= 15 is 0 Å². The quantitative estimate of drug-likeness (QED) is 0.914. The Morgan fingerprint density at radius 3 is 2.52 bits per heavy atom. The number of halogens is 2. The van der Waals surface area contributed by atoms with E-state index in [1.54, 1.807) is 25.3 Å². The summed E-state index contributed by atoms with van der Waals surface area (Å²) in [6.45, 7) is 3.31. The first-order chi connectivity index (χ1) is 10.9. The average Bonchev–Trinajstić information content (AvgIpc) is 2.51. The molecular weight excluding hydrogens is 304 g/mol. The van der Waals surface area contributed by atoms with Gasteiger partial charge in [-0.2, -0.15) is 0 Å². The Balaban J connectivity index is 2.05. The van der Waals surface area contributed by atoms with E-state index in [1.165, 1.54) is 6.92 Å². The minimum Gasteiger partial charge on any atom is -0.497 e. The maximum absolute atomic E-state index is 13.5. The highest BCUT2D eigenvalue weighted by atomic mass is 19.1. The number of methoxy groups -OCH3 is 1. The van der Waals surface area contributed by atoms with Gasteiger partial charge in [-0.3, -0.25) is 4.79 Å². The molecule has 23 heavy (non-hydrogen) atoms. The van der Waals surface area contributed by atoms with Crippen LogP contribution in [0.15, 0.2) is 36.4 Å². The maximum Gasteiger partial charge on any atom is 0.265 e. The van der Waals surface area contributed by atoms with Crippen LogP contribution in [0.25, 0.3) is 0 Å². The Bertz CT molecular complexity index is 719. The number of carbonyl (C=O) groups is 1. The van der Waals surface area contributed by atoms with Gasteiger partial charge in [-0.15, -0.1) is 0 Å². The molecule has 0 saturated carbocycles. The third-order valence-electron chi connectivity index (χ3n) is 3.26. The molecule has 0 spiro atoms. The van der Waals surface area contributed by atoms with Crippen LogP contribution in [0.4, 0.5) is 14.5 Å². The van der Waals surface area contributed by atoms with Gasteiger partial charge >= 0.3 is 0 Å². The average molecular weight is 321 g/mol. The lowest BCUT2D eigenvalue weighted by Gasteiger charge is -2.16. The van der Waals surface area contributed by atoms with Gasteiger partial charge in [0.2, 0.25) is 0 Å². The molecule has 1 unspecified atom stereocenters. The fourth-order valence-electron chi connectivity index (χ4n) is 1.95. The molecule has 0 aromatic heterocycles. The molecule has 4 nitrogen and oxygen atoms in total. The lowest BCUT2D eigenvalue weighted by Crippen LogP contribution is -2.30. The predicted molar refractivity (Wildman–Crippen MR) is 82.8 cm³/mol. The van der Waals surface area contributed by atoms with Gasteiger partial charge in [0.15, 0.2) is 17.7 Å². The molecular formula is C17H17F2NO3. The fraction of sp³-hybridized carbons (Fsp3) is 0.235. The van der Waals surface area contributed by atoms with Crippen LogP contribution in [0.5, 0.6) is 11.5 Å². The van der Waals surface area contributed by atoms with Gasteiger partial charge in [0.05, 0.1) is 7.11 Å². The van der Waals surface area contributed by atoms with E-state index in [9.17, 15) is 13.6 Å². The topological polar surface area (TPSA) is 47.6 Å². The molecule has 0 aliphatic carbocycles.